The van der Waals surface area contributed by atoms with E-state index >= 15 is 0 Å². The number of hydrogen-bond donors (Lipinski definition) is 2. The number of nitrogens with zero attached hydrogens (tertiary/aromatic N) is 1. The van der Waals surface area contributed by atoms with Crippen molar-refractivity contribution < 1.29 is 19.1 Å². The van der Waals surface area contributed by atoms with Crippen molar-refractivity contribution in [3.63, 3.8) is 0 Å². The van der Waals surface area contributed by atoms with Crippen molar-refractivity contribution in [3.8, 4) is 0 Å². The van der Waals surface area contributed by atoms with Crippen LogP contribution in [-0.2, 0) is 4.79 Å². The van der Waals surface area contributed by atoms with E-state index in [2.05, 4.69) is 5.32 Å². The Kier molecular flexibility index (Phi) is 5.87. The van der Waals surface area contributed by atoms with Crippen LogP contribution in [0.25, 0.3) is 0 Å². The number of carboxylic acid groups (broad SMARTS) is 1. The number of piperidine rings is 1. The minimum absolute atomic E-state index is 0.0979. The molecule has 126 valence electrons. The van der Waals surface area contributed by atoms with Gasteiger partial charge in [0.1, 0.15) is 5.82 Å². The van der Waals surface area contributed by atoms with E-state index in [1.54, 1.807) is 12.1 Å². The van der Waals surface area contributed by atoms with Gasteiger partial charge in [0.15, 0.2) is 0 Å². The number of carbonyl (C=O) groups is 2. The number of amides is 2. The third kappa shape index (κ3) is 4.37. The van der Waals surface area contributed by atoms with Crippen LogP contribution in [0.4, 0.5) is 14.9 Å². The smallest absolute Gasteiger partial charge is 0.321 e. The molecule has 23 heavy (non-hydrogen) atoms. The van der Waals surface area contributed by atoms with Crippen molar-refractivity contribution in [2.75, 3.05) is 24.2 Å². The molecule has 1 aromatic rings. The molecule has 0 spiro atoms. The second-order valence-electron chi connectivity index (χ2n) is 5.76. The van der Waals surface area contributed by atoms with Crippen LogP contribution in [0.3, 0.4) is 0 Å². The Morgan fingerprint density at radius 2 is 2.17 bits per heavy atom. The van der Waals surface area contributed by atoms with E-state index < -0.39 is 23.7 Å². The van der Waals surface area contributed by atoms with Crippen LogP contribution in [0.1, 0.15) is 20.3 Å². The summed E-state index contributed by atoms with van der Waals surface area (Å²) in [5.41, 5.74) is 0.162. The lowest BCUT2D eigenvalue weighted by Gasteiger charge is -2.34. The Balaban J connectivity index is 2.14. The lowest BCUT2D eigenvalue weighted by molar-refractivity contribution is -0.143. The first-order valence-corrected chi connectivity index (χ1v) is 8.61. The Bertz CT molecular complexity index is 597. The molecule has 2 unspecified atom stereocenters. The molecule has 1 aliphatic rings. The van der Waals surface area contributed by atoms with Gasteiger partial charge in [-0.15, -0.1) is 11.8 Å². The minimum Gasteiger partial charge on any atom is -0.481 e. The monoisotopic (exact) mass is 340 g/mol. The quantitative estimate of drug-likeness (QED) is 0.823. The van der Waals surface area contributed by atoms with E-state index in [0.29, 0.717) is 17.9 Å². The van der Waals surface area contributed by atoms with Gasteiger partial charge in [0, 0.05) is 18.0 Å². The number of aliphatic carboxylic acids is 1. The summed E-state index contributed by atoms with van der Waals surface area (Å²) in [4.78, 5) is 25.8. The molecule has 2 atom stereocenters. The van der Waals surface area contributed by atoms with Crippen molar-refractivity contribution in [2.45, 2.75) is 25.2 Å². The molecule has 0 saturated carbocycles. The van der Waals surface area contributed by atoms with Crippen LogP contribution in [0.2, 0.25) is 0 Å². The van der Waals surface area contributed by atoms with E-state index in [-0.39, 0.29) is 18.2 Å². The number of rotatable bonds is 4. The molecule has 2 rings (SSSR count). The molecule has 0 aromatic heterocycles. The molecule has 0 radical (unpaired) electrons. The van der Waals surface area contributed by atoms with Crippen LogP contribution in [0.5, 0.6) is 0 Å². The van der Waals surface area contributed by atoms with Crippen molar-refractivity contribution in [1.82, 2.24) is 4.90 Å². The van der Waals surface area contributed by atoms with E-state index in [9.17, 15) is 19.1 Å². The molecule has 7 heteroatoms. The highest BCUT2D eigenvalue weighted by Crippen LogP contribution is 2.30. The summed E-state index contributed by atoms with van der Waals surface area (Å²) < 4.78 is 14.0. The third-order valence-electron chi connectivity index (χ3n) is 3.80. The van der Waals surface area contributed by atoms with Gasteiger partial charge in [0.2, 0.25) is 0 Å². The predicted octanol–water partition coefficient (Wildman–Crippen LogP) is 3.51. The number of nitrogens with one attached hydrogen (secondary N) is 1. The van der Waals surface area contributed by atoms with E-state index in [1.807, 2.05) is 13.8 Å². The summed E-state index contributed by atoms with van der Waals surface area (Å²) in [6.07, 6.45) is 0.551. The summed E-state index contributed by atoms with van der Waals surface area (Å²) in [6, 6.07) is 4.21. The molecular weight excluding hydrogens is 319 g/mol. The second kappa shape index (κ2) is 7.68. The number of anilines is 1. The van der Waals surface area contributed by atoms with E-state index in [1.165, 1.54) is 22.7 Å². The lowest BCUT2D eigenvalue weighted by atomic mass is 9.91. The number of urea groups is 1. The zero-order valence-electron chi connectivity index (χ0n) is 13.2. The van der Waals surface area contributed by atoms with E-state index in [0.717, 1.165) is 5.75 Å². The SMILES string of the molecule is CCSc1cccc(F)c1NC(=O)N1CC(C)CC(C(=O)O)C1. The molecule has 5 nitrogen and oxygen atoms in total. The van der Waals surface area contributed by atoms with Crippen molar-refractivity contribution in [3.05, 3.63) is 24.0 Å². The summed E-state index contributed by atoms with van der Waals surface area (Å²) in [5.74, 6) is -1.11. The molecule has 2 N–H and O–H groups in total. The maximum Gasteiger partial charge on any atom is 0.321 e. The van der Waals surface area contributed by atoms with Crippen LogP contribution in [0.15, 0.2) is 23.1 Å². The zero-order chi connectivity index (χ0) is 17.0. The molecule has 1 aromatic carbocycles. The molecule has 0 aliphatic carbocycles. The fourth-order valence-electron chi connectivity index (χ4n) is 2.78. The van der Waals surface area contributed by atoms with Gasteiger partial charge in [-0.05, 0) is 30.2 Å². The minimum atomic E-state index is -0.900. The molecule has 1 saturated heterocycles. The van der Waals surface area contributed by atoms with Gasteiger partial charge in [-0.2, -0.15) is 0 Å². The number of likely N-dealkylation sites (tertiary alicyclic amines) is 1. The van der Waals surface area contributed by atoms with Gasteiger partial charge in [-0.3, -0.25) is 4.79 Å². The Morgan fingerprint density at radius 1 is 1.43 bits per heavy atom. The Labute approximate surface area is 139 Å². The number of carboxylic acids is 1. The lowest BCUT2D eigenvalue weighted by Crippen LogP contribution is -2.47. The Hall–Kier alpha value is -1.76. The highest BCUT2D eigenvalue weighted by molar-refractivity contribution is 7.99. The summed E-state index contributed by atoms with van der Waals surface area (Å²) in [5, 5.41) is 11.8. The van der Waals surface area contributed by atoms with Gasteiger partial charge in [0.25, 0.3) is 0 Å². The first-order valence-electron chi connectivity index (χ1n) is 7.62. The van der Waals surface area contributed by atoms with Crippen molar-refractivity contribution in [2.24, 2.45) is 11.8 Å². The maximum absolute atomic E-state index is 14.0. The average molecular weight is 340 g/mol. The Morgan fingerprint density at radius 3 is 2.83 bits per heavy atom. The standard InChI is InChI=1S/C16H21FN2O3S/c1-3-23-13-6-4-5-12(17)14(13)18-16(22)19-8-10(2)7-11(9-19)15(20)21/h4-6,10-11H,3,7-9H2,1-2H3,(H,18,22)(H,20,21). The number of thioether (sulfide) groups is 1. The van der Waals surface area contributed by atoms with E-state index in [4.69, 9.17) is 0 Å². The van der Waals surface area contributed by atoms with Crippen LogP contribution < -0.4 is 5.32 Å². The molecular formula is C16H21FN2O3S. The number of hydrogen-bond acceptors (Lipinski definition) is 3. The molecule has 1 aliphatic heterocycles. The van der Waals surface area contributed by atoms with Crippen LogP contribution >= 0.6 is 11.8 Å². The molecule has 1 heterocycles. The summed E-state index contributed by atoms with van der Waals surface area (Å²) >= 11 is 1.44. The number of carbonyl (C=O) groups excluding carboxylic acids is 1. The average Bonchev–Trinajstić information content (AvgIpc) is 2.50. The van der Waals surface area contributed by atoms with Crippen LogP contribution in [0, 0.1) is 17.7 Å². The summed E-state index contributed by atoms with van der Waals surface area (Å²) in [7, 11) is 0. The number of halogens is 1. The first-order chi connectivity index (χ1) is 10.9. The topological polar surface area (TPSA) is 69.6 Å². The highest BCUT2D eigenvalue weighted by Gasteiger charge is 2.32. The normalized spacial score (nSPS) is 21.1. The zero-order valence-corrected chi connectivity index (χ0v) is 14.0. The fraction of sp³-hybridized carbons (Fsp3) is 0.500. The largest absolute Gasteiger partial charge is 0.481 e. The van der Waals surface area contributed by atoms with Crippen LogP contribution in [-0.4, -0.2) is 40.8 Å². The van der Waals surface area contributed by atoms with Gasteiger partial charge in [-0.1, -0.05) is 19.9 Å². The second-order valence-corrected chi connectivity index (χ2v) is 7.06. The highest BCUT2D eigenvalue weighted by atomic mass is 32.2. The fourth-order valence-corrected chi connectivity index (χ4v) is 3.56. The number of benzene rings is 1. The van der Waals surface area contributed by atoms with Gasteiger partial charge in [-0.25, -0.2) is 9.18 Å². The van der Waals surface area contributed by atoms with Gasteiger partial charge in [0.05, 0.1) is 11.6 Å². The number of para-hydroxylation sites is 1. The predicted molar refractivity (Wildman–Crippen MR) is 88.3 cm³/mol. The maximum atomic E-state index is 14.0. The first kappa shape index (κ1) is 17.6. The third-order valence-corrected chi connectivity index (χ3v) is 4.74. The van der Waals surface area contributed by atoms with Gasteiger partial charge >= 0.3 is 12.0 Å². The summed E-state index contributed by atoms with van der Waals surface area (Å²) in [6.45, 7) is 4.48. The molecule has 2 amide bonds. The molecule has 1 fully saturated rings. The molecule has 0 bridgehead atoms. The van der Waals surface area contributed by atoms with Crippen molar-refractivity contribution >= 4 is 29.4 Å². The van der Waals surface area contributed by atoms with Gasteiger partial charge < -0.3 is 15.3 Å². The van der Waals surface area contributed by atoms with Crippen molar-refractivity contribution in [1.29, 1.82) is 0 Å².